The Hall–Kier alpha value is -1.94. The van der Waals surface area contributed by atoms with E-state index in [4.69, 9.17) is 0 Å². The lowest BCUT2D eigenvalue weighted by atomic mass is 9.81. The van der Waals surface area contributed by atoms with Crippen LogP contribution in [-0.4, -0.2) is 32.0 Å². The zero-order valence-corrected chi connectivity index (χ0v) is 13.0. The van der Waals surface area contributed by atoms with Crippen LogP contribution in [0.3, 0.4) is 0 Å². The summed E-state index contributed by atoms with van der Waals surface area (Å²) in [5.74, 6) is -3.56. The quantitative estimate of drug-likeness (QED) is 0.452. The summed E-state index contributed by atoms with van der Waals surface area (Å²) in [6.45, 7) is 0. The van der Waals surface area contributed by atoms with E-state index in [0.29, 0.717) is 6.42 Å². The average Bonchev–Trinajstić information content (AvgIpc) is 2.45. The van der Waals surface area contributed by atoms with Crippen LogP contribution in [0.15, 0.2) is 23.1 Å². The second-order valence-electron chi connectivity index (χ2n) is 5.35. The minimum atomic E-state index is -3.68. The summed E-state index contributed by atoms with van der Waals surface area (Å²) >= 11 is 0. The van der Waals surface area contributed by atoms with E-state index in [9.17, 15) is 33.2 Å². The molecule has 1 fully saturated rings. The van der Waals surface area contributed by atoms with E-state index in [1.807, 2.05) is 0 Å². The van der Waals surface area contributed by atoms with Crippen molar-refractivity contribution in [2.24, 2.45) is 5.92 Å². The third-order valence-corrected chi connectivity index (χ3v) is 4.77. The lowest BCUT2D eigenvalue weighted by molar-refractivity contribution is -0.715. The largest absolute Gasteiger partial charge is 0.628 e. The second-order valence-corrected chi connectivity index (χ2v) is 7.37. The Morgan fingerprint density at radius 2 is 1.74 bits per heavy atom. The first-order chi connectivity index (χ1) is 10.6. The summed E-state index contributed by atoms with van der Waals surface area (Å²) in [6, 6.07) is 2.86. The predicted octanol–water partition coefficient (Wildman–Crippen LogP) is -0.277. The Labute approximate surface area is 132 Å². The van der Waals surface area contributed by atoms with Gasteiger partial charge in [0.2, 0.25) is 0 Å². The Kier molecular flexibility index (Phi) is 4.76. The average molecular weight is 340 g/mol. The summed E-state index contributed by atoms with van der Waals surface area (Å²) < 4.78 is 23.0. The molecule has 0 unspecified atom stereocenters. The number of nitrogens with one attached hydrogen (secondary N) is 1. The van der Waals surface area contributed by atoms with Gasteiger partial charge in [-0.25, -0.2) is 8.42 Å². The standard InChI is InChI=1S/C14H14NO7S/c1-23(21,22)8-5-6-9(10(7-8)15(19)20)14(18)13-11(16)3-2-4-12(13)17/h5-7,13,15H,2-4H2,1H3/q-1. The van der Waals surface area contributed by atoms with Crippen molar-refractivity contribution in [1.29, 1.82) is 0 Å². The number of rotatable bonds is 4. The number of ketones is 3. The van der Waals surface area contributed by atoms with E-state index in [-0.39, 0.29) is 17.7 Å². The molecule has 1 saturated carbocycles. The monoisotopic (exact) mass is 340 g/mol. The number of quaternary nitrogens is 1. The summed E-state index contributed by atoms with van der Waals surface area (Å²) in [4.78, 5) is 35.8. The Balaban J connectivity index is 2.52. The lowest BCUT2D eigenvalue weighted by Gasteiger charge is -2.28. The second kappa shape index (κ2) is 6.28. The molecule has 1 aliphatic carbocycles. The first kappa shape index (κ1) is 17.4. The van der Waals surface area contributed by atoms with Crippen molar-refractivity contribution in [3.05, 3.63) is 34.2 Å². The molecule has 0 heterocycles. The Morgan fingerprint density at radius 1 is 1.17 bits per heavy atom. The van der Waals surface area contributed by atoms with Crippen LogP contribution in [0.1, 0.15) is 29.6 Å². The van der Waals surface area contributed by atoms with Crippen molar-refractivity contribution in [1.82, 2.24) is 0 Å². The van der Waals surface area contributed by atoms with Gasteiger partial charge in [-0.1, -0.05) is 0 Å². The van der Waals surface area contributed by atoms with Gasteiger partial charge in [0.1, 0.15) is 11.6 Å². The number of Topliss-reactive ketones (excluding diaryl/α,β-unsaturated/α-hetero) is 3. The molecule has 124 valence electrons. The molecule has 1 aromatic carbocycles. The maximum Gasteiger partial charge on any atom is 0.186 e. The molecule has 0 amide bonds. The molecular weight excluding hydrogens is 326 g/mol. The zero-order valence-electron chi connectivity index (χ0n) is 12.2. The van der Waals surface area contributed by atoms with E-state index in [0.717, 1.165) is 24.5 Å². The van der Waals surface area contributed by atoms with Gasteiger partial charge in [-0.05, 0) is 18.6 Å². The minimum Gasteiger partial charge on any atom is -0.628 e. The van der Waals surface area contributed by atoms with Crippen LogP contribution in [0, 0.1) is 16.3 Å². The van der Waals surface area contributed by atoms with Gasteiger partial charge in [0.25, 0.3) is 0 Å². The highest BCUT2D eigenvalue weighted by Gasteiger charge is 2.38. The Morgan fingerprint density at radius 3 is 2.22 bits per heavy atom. The van der Waals surface area contributed by atoms with Crippen molar-refractivity contribution < 1.29 is 28.0 Å². The van der Waals surface area contributed by atoms with Crippen molar-refractivity contribution in [3.63, 3.8) is 0 Å². The molecule has 0 bridgehead atoms. The highest BCUT2D eigenvalue weighted by molar-refractivity contribution is 7.90. The summed E-state index contributed by atoms with van der Waals surface area (Å²) in [6.07, 6.45) is 1.40. The SMILES string of the molecule is CS(=O)(=O)c1ccc(C(=O)C2C(=O)CCCC2=O)c([NH+]([O-])[O-])c1. The van der Waals surface area contributed by atoms with Crippen LogP contribution in [0.2, 0.25) is 0 Å². The minimum absolute atomic E-state index is 0.0736. The fourth-order valence-corrected chi connectivity index (χ4v) is 3.14. The van der Waals surface area contributed by atoms with Crippen molar-refractivity contribution in [2.75, 3.05) is 6.26 Å². The molecule has 0 atom stereocenters. The van der Waals surface area contributed by atoms with E-state index >= 15 is 0 Å². The zero-order chi connectivity index (χ0) is 17.4. The normalized spacial score (nSPS) is 16.9. The van der Waals surface area contributed by atoms with Crippen LogP contribution in [0.5, 0.6) is 0 Å². The number of sulfone groups is 1. The van der Waals surface area contributed by atoms with Crippen LogP contribution in [0.4, 0.5) is 5.69 Å². The van der Waals surface area contributed by atoms with Gasteiger partial charge in [0.15, 0.2) is 27.2 Å². The van der Waals surface area contributed by atoms with Gasteiger partial charge >= 0.3 is 0 Å². The molecule has 0 radical (unpaired) electrons. The number of benzene rings is 1. The van der Waals surface area contributed by atoms with Crippen LogP contribution in [-0.2, 0) is 19.4 Å². The van der Waals surface area contributed by atoms with Gasteiger partial charge in [-0.15, -0.1) is 0 Å². The van der Waals surface area contributed by atoms with Crippen LogP contribution in [0.25, 0.3) is 0 Å². The van der Waals surface area contributed by atoms with E-state index < -0.39 is 49.6 Å². The van der Waals surface area contributed by atoms with Crippen molar-refractivity contribution in [3.8, 4) is 0 Å². The summed E-state index contributed by atoms with van der Waals surface area (Å²) in [5.41, 5.74) is -1.05. The van der Waals surface area contributed by atoms with E-state index in [1.54, 1.807) is 0 Å². The molecule has 0 saturated heterocycles. The lowest BCUT2D eigenvalue weighted by Crippen LogP contribution is -2.96. The molecule has 2 rings (SSSR count). The molecule has 0 aliphatic heterocycles. The third-order valence-electron chi connectivity index (χ3n) is 3.66. The molecule has 1 aliphatic rings. The summed E-state index contributed by atoms with van der Waals surface area (Å²) in [7, 11) is -3.68. The highest BCUT2D eigenvalue weighted by Crippen LogP contribution is 2.25. The molecule has 23 heavy (non-hydrogen) atoms. The molecule has 0 spiro atoms. The molecule has 8 nitrogen and oxygen atoms in total. The number of hydrogen-bond donors (Lipinski definition) is 1. The van der Waals surface area contributed by atoms with Crippen LogP contribution < -0.4 is 5.23 Å². The topological polar surface area (TPSA) is 136 Å². The maximum absolute atomic E-state index is 12.4. The summed E-state index contributed by atoms with van der Waals surface area (Å²) in [5, 5.41) is 20.7. The Bertz CT molecular complexity index is 766. The number of hydrogen-bond acceptors (Lipinski definition) is 7. The first-order valence-corrected chi connectivity index (χ1v) is 8.67. The molecule has 0 aromatic heterocycles. The fourth-order valence-electron chi connectivity index (χ4n) is 2.49. The predicted molar refractivity (Wildman–Crippen MR) is 78.6 cm³/mol. The van der Waals surface area contributed by atoms with Crippen molar-refractivity contribution in [2.45, 2.75) is 24.2 Å². The fraction of sp³-hybridized carbons (Fsp3) is 0.357. The van der Waals surface area contributed by atoms with Gasteiger partial charge in [-0.2, -0.15) is 0 Å². The van der Waals surface area contributed by atoms with Crippen LogP contribution >= 0.6 is 0 Å². The number of carbonyl (C=O) groups excluding carboxylic acids is 3. The highest BCUT2D eigenvalue weighted by atomic mass is 32.2. The van der Waals surface area contributed by atoms with Crippen molar-refractivity contribution >= 4 is 32.9 Å². The molecule has 1 N–H and O–H groups in total. The first-order valence-electron chi connectivity index (χ1n) is 6.78. The van der Waals surface area contributed by atoms with E-state index in [1.165, 1.54) is 0 Å². The molecule has 9 heteroatoms. The van der Waals surface area contributed by atoms with Gasteiger partial charge < -0.3 is 15.6 Å². The molecule has 1 aromatic rings. The smallest absolute Gasteiger partial charge is 0.186 e. The van der Waals surface area contributed by atoms with E-state index in [2.05, 4.69) is 0 Å². The maximum atomic E-state index is 12.4. The van der Waals surface area contributed by atoms with Gasteiger partial charge in [-0.3, -0.25) is 14.4 Å². The molecular formula is C14H14NO7S-. The van der Waals surface area contributed by atoms with Gasteiger partial charge in [0, 0.05) is 25.2 Å². The van der Waals surface area contributed by atoms with Gasteiger partial charge in [0.05, 0.1) is 10.5 Å². The number of carbonyl (C=O) groups is 3. The third kappa shape index (κ3) is 3.53.